The van der Waals surface area contributed by atoms with Gasteiger partial charge in [0.1, 0.15) is 0 Å². The molecule has 0 atom stereocenters. The highest BCUT2D eigenvalue weighted by Gasteiger charge is 2.02. The Hall–Kier alpha value is -2.96. The minimum atomic E-state index is -0.572. The number of H-pyrrole nitrogens is 2. The van der Waals surface area contributed by atoms with E-state index in [2.05, 4.69) is 9.97 Å². The largest absolute Gasteiger partial charge is 0.325 e. The number of nitrogens with zero attached hydrogens (tertiary/aromatic N) is 1. The van der Waals surface area contributed by atoms with Gasteiger partial charge in [-0.2, -0.15) is 0 Å². The van der Waals surface area contributed by atoms with E-state index in [0.717, 1.165) is 0 Å². The first-order chi connectivity index (χ1) is 9.06. The fourth-order valence-corrected chi connectivity index (χ4v) is 1.44. The lowest BCUT2D eigenvalue weighted by Gasteiger charge is -1.94. The van der Waals surface area contributed by atoms with Gasteiger partial charge in [-0.15, -0.1) is 0 Å². The van der Waals surface area contributed by atoms with E-state index in [0.29, 0.717) is 5.56 Å². The maximum absolute atomic E-state index is 11.4. The van der Waals surface area contributed by atoms with Crippen molar-refractivity contribution in [2.45, 2.75) is 0 Å². The standard InChI is InChI=1S/C12H9N3O4/c16-11-9(7-13-12(17)14-11)4-1-8-2-5-10(6-3-8)15(18)19/h1-7H,(H2,13,14,16,17)/b4-1+. The zero-order chi connectivity index (χ0) is 13.8. The van der Waals surface area contributed by atoms with Crippen LogP contribution in [-0.4, -0.2) is 14.9 Å². The Kier molecular flexibility index (Phi) is 3.37. The molecule has 0 radical (unpaired) electrons. The highest BCUT2D eigenvalue weighted by Crippen LogP contribution is 2.13. The molecule has 2 aromatic rings. The summed E-state index contributed by atoms with van der Waals surface area (Å²) in [6.45, 7) is 0. The van der Waals surface area contributed by atoms with E-state index >= 15 is 0 Å². The number of nitrogens with one attached hydrogen (secondary N) is 2. The van der Waals surface area contributed by atoms with Crippen molar-refractivity contribution in [3.63, 3.8) is 0 Å². The molecule has 7 heteroatoms. The van der Waals surface area contributed by atoms with Crippen LogP contribution in [0.25, 0.3) is 12.2 Å². The van der Waals surface area contributed by atoms with Crippen LogP contribution in [0, 0.1) is 10.1 Å². The summed E-state index contributed by atoms with van der Waals surface area (Å²) in [5.74, 6) is 0. The Morgan fingerprint density at radius 3 is 2.37 bits per heavy atom. The number of nitro benzene ring substituents is 1. The van der Waals surface area contributed by atoms with E-state index in [-0.39, 0.29) is 11.3 Å². The number of non-ortho nitro benzene ring substituents is 1. The molecule has 0 aliphatic rings. The fourth-order valence-electron chi connectivity index (χ4n) is 1.44. The van der Waals surface area contributed by atoms with Gasteiger partial charge in [0.25, 0.3) is 11.2 Å². The molecule has 0 aliphatic carbocycles. The van der Waals surface area contributed by atoms with E-state index in [9.17, 15) is 19.7 Å². The smallest absolute Gasteiger partial charge is 0.314 e. The summed E-state index contributed by atoms with van der Waals surface area (Å²) in [6.07, 6.45) is 4.42. The highest BCUT2D eigenvalue weighted by molar-refractivity contribution is 5.69. The maximum Gasteiger partial charge on any atom is 0.325 e. The molecular weight excluding hydrogens is 250 g/mol. The zero-order valence-electron chi connectivity index (χ0n) is 9.62. The predicted molar refractivity (Wildman–Crippen MR) is 69.7 cm³/mol. The molecule has 1 aromatic carbocycles. The molecule has 0 saturated heterocycles. The van der Waals surface area contributed by atoms with Crippen molar-refractivity contribution in [3.8, 4) is 0 Å². The van der Waals surface area contributed by atoms with Gasteiger partial charge in [0, 0.05) is 18.3 Å². The third-order valence-corrected chi connectivity index (χ3v) is 2.41. The molecule has 0 fully saturated rings. The fraction of sp³-hybridized carbons (Fsp3) is 0. The van der Waals surface area contributed by atoms with Crippen molar-refractivity contribution < 1.29 is 4.92 Å². The second-order valence-corrected chi connectivity index (χ2v) is 3.71. The molecule has 0 unspecified atom stereocenters. The number of nitro groups is 1. The molecule has 0 saturated carbocycles. The van der Waals surface area contributed by atoms with Crippen LogP contribution >= 0.6 is 0 Å². The molecule has 1 aromatic heterocycles. The van der Waals surface area contributed by atoms with E-state index in [1.165, 1.54) is 24.4 Å². The molecule has 0 amide bonds. The van der Waals surface area contributed by atoms with Gasteiger partial charge in [-0.3, -0.25) is 19.9 Å². The molecule has 96 valence electrons. The second-order valence-electron chi connectivity index (χ2n) is 3.71. The summed E-state index contributed by atoms with van der Waals surface area (Å²) in [4.78, 5) is 36.6. The lowest BCUT2D eigenvalue weighted by molar-refractivity contribution is -0.384. The molecule has 1 heterocycles. The van der Waals surface area contributed by atoms with Gasteiger partial charge >= 0.3 is 5.69 Å². The van der Waals surface area contributed by atoms with Crippen LogP contribution in [0.5, 0.6) is 0 Å². The Labute approximate surface area is 106 Å². The van der Waals surface area contributed by atoms with Crippen LogP contribution in [0.2, 0.25) is 0 Å². The lowest BCUT2D eigenvalue weighted by Crippen LogP contribution is -2.22. The number of hydrogen-bond donors (Lipinski definition) is 2. The van der Waals surface area contributed by atoms with E-state index in [4.69, 9.17) is 0 Å². The van der Waals surface area contributed by atoms with Crippen molar-refractivity contribution >= 4 is 17.8 Å². The Balaban J connectivity index is 2.25. The van der Waals surface area contributed by atoms with Gasteiger partial charge < -0.3 is 4.98 Å². The molecule has 2 rings (SSSR count). The highest BCUT2D eigenvalue weighted by atomic mass is 16.6. The average Bonchev–Trinajstić information content (AvgIpc) is 2.38. The van der Waals surface area contributed by atoms with Gasteiger partial charge in [0.15, 0.2) is 0 Å². The van der Waals surface area contributed by atoms with Gasteiger partial charge in [0.05, 0.1) is 10.5 Å². The first kappa shape index (κ1) is 12.5. The van der Waals surface area contributed by atoms with Crippen LogP contribution in [0.1, 0.15) is 11.1 Å². The number of aromatic nitrogens is 2. The van der Waals surface area contributed by atoms with Crippen molar-refractivity contribution in [3.05, 3.63) is 72.5 Å². The van der Waals surface area contributed by atoms with Gasteiger partial charge in [-0.05, 0) is 23.8 Å². The van der Waals surface area contributed by atoms with Crippen LogP contribution < -0.4 is 11.2 Å². The van der Waals surface area contributed by atoms with Crippen LogP contribution in [0.3, 0.4) is 0 Å². The predicted octanol–water partition coefficient (Wildman–Crippen LogP) is 1.14. The number of benzene rings is 1. The monoisotopic (exact) mass is 259 g/mol. The van der Waals surface area contributed by atoms with Crippen LogP contribution in [-0.2, 0) is 0 Å². The van der Waals surface area contributed by atoms with Gasteiger partial charge in [0.2, 0.25) is 0 Å². The van der Waals surface area contributed by atoms with E-state index < -0.39 is 16.2 Å². The summed E-state index contributed by atoms with van der Waals surface area (Å²) in [5, 5.41) is 10.5. The summed E-state index contributed by atoms with van der Waals surface area (Å²) < 4.78 is 0. The van der Waals surface area contributed by atoms with Crippen LogP contribution in [0.4, 0.5) is 5.69 Å². The lowest BCUT2D eigenvalue weighted by atomic mass is 10.1. The molecule has 2 N–H and O–H groups in total. The van der Waals surface area contributed by atoms with Gasteiger partial charge in [-0.25, -0.2) is 4.79 Å². The number of aromatic amines is 2. The molecule has 0 bridgehead atoms. The molecule has 19 heavy (non-hydrogen) atoms. The molecule has 0 spiro atoms. The van der Waals surface area contributed by atoms with Crippen molar-refractivity contribution in [2.75, 3.05) is 0 Å². The average molecular weight is 259 g/mol. The second kappa shape index (κ2) is 5.13. The molecule has 7 nitrogen and oxygen atoms in total. The zero-order valence-corrected chi connectivity index (χ0v) is 9.62. The van der Waals surface area contributed by atoms with Crippen molar-refractivity contribution in [1.29, 1.82) is 0 Å². The topological polar surface area (TPSA) is 109 Å². The van der Waals surface area contributed by atoms with Crippen LogP contribution in [0.15, 0.2) is 40.1 Å². The molecular formula is C12H9N3O4. The van der Waals surface area contributed by atoms with E-state index in [1.54, 1.807) is 18.2 Å². The van der Waals surface area contributed by atoms with Crippen molar-refractivity contribution in [2.24, 2.45) is 0 Å². The van der Waals surface area contributed by atoms with Crippen molar-refractivity contribution in [1.82, 2.24) is 9.97 Å². The minimum absolute atomic E-state index is 0.000890. The van der Waals surface area contributed by atoms with Gasteiger partial charge in [-0.1, -0.05) is 6.08 Å². The quantitative estimate of drug-likeness (QED) is 0.636. The first-order valence-electron chi connectivity index (χ1n) is 5.31. The summed E-state index contributed by atoms with van der Waals surface area (Å²) in [7, 11) is 0. The Bertz CT molecular complexity index is 741. The Morgan fingerprint density at radius 1 is 1.11 bits per heavy atom. The SMILES string of the molecule is O=c1[nH]cc(/C=C/c2ccc([N+](=O)[O-])cc2)c(=O)[nH]1. The maximum atomic E-state index is 11.4. The Morgan fingerprint density at radius 2 is 1.79 bits per heavy atom. The normalized spacial score (nSPS) is 10.7. The minimum Gasteiger partial charge on any atom is -0.314 e. The summed E-state index contributed by atoms with van der Waals surface area (Å²) in [5.41, 5.74) is -0.0763. The van der Waals surface area contributed by atoms with E-state index in [1.807, 2.05) is 0 Å². The molecule has 0 aliphatic heterocycles. The summed E-state index contributed by atoms with van der Waals surface area (Å²) in [6, 6.07) is 5.87. The number of hydrogen-bond acceptors (Lipinski definition) is 4. The summed E-state index contributed by atoms with van der Waals surface area (Å²) >= 11 is 0. The number of rotatable bonds is 3. The third-order valence-electron chi connectivity index (χ3n) is 2.41. The third kappa shape index (κ3) is 3.03. The first-order valence-corrected chi connectivity index (χ1v) is 5.31.